The van der Waals surface area contributed by atoms with Crippen molar-refractivity contribution in [1.82, 2.24) is 44.4 Å². The molecule has 0 radical (unpaired) electrons. The van der Waals surface area contributed by atoms with Gasteiger partial charge in [-0.1, -0.05) is 63.2 Å². The number of pyridine rings is 3. The van der Waals surface area contributed by atoms with Gasteiger partial charge in [-0.05, 0) is 199 Å². The first-order chi connectivity index (χ1) is 54.5. The summed E-state index contributed by atoms with van der Waals surface area (Å²) in [7, 11) is 13.7. The molecule has 0 saturated carbocycles. The summed E-state index contributed by atoms with van der Waals surface area (Å²) in [4.78, 5) is 112. The minimum absolute atomic E-state index is 0. The van der Waals surface area contributed by atoms with Crippen molar-refractivity contribution in [2.24, 2.45) is 0 Å². The molecule has 3 saturated heterocycles. The van der Waals surface area contributed by atoms with Crippen LogP contribution in [0.15, 0.2) is 121 Å². The summed E-state index contributed by atoms with van der Waals surface area (Å²) < 4.78 is 53.3. The van der Waals surface area contributed by atoms with Crippen molar-refractivity contribution in [2.45, 2.75) is 83.1 Å². The van der Waals surface area contributed by atoms with Gasteiger partial charge in [0.1, 0.15) is 28.3 Å². The normalized spacial score (nSPS) is 13.4. The van der Waals surface area contributed by atoms with Crippen molar-refractivity contribution in [1.29, 1.82) is 0 Å². The van der Waals surface area contributed by atoms with Crippen molar-refractivity contribution in [3.63, 3.8) is 0 Å². The van der Waals surface area contributed by atoms with Gasteiger partial charge in [0.05, 0.1) is 85.2 Å². The first kappa shape index (κ1) is 92.4. The minimum atomic E-state index is -0.481. The molecule has 4 aromatic heterocycles. The Hall–Kier alpha value is -10.7. The summed E-state index contributed by atoms with van der Waals surface area (Å²) in [6, 6.07) is 34.5. The van der Waals surface area contributed by atoms with Gasteiger partial charge in [0.15, 0.2) is 0 Å². The van der Waals surface area contributed by atoms with E-state index in [0.717, 1.165) is 105 Å². The van der Waals surface area contributed by atoms with Crippen molar-refractivity contribution >= 4 is 96.7 Å². The second-order valence-corrected chi connectivity index (χ2v) is 29.7. The topological polar surface area (TPSA) is 235 Å². The van der Waals surface area contributed by atoms with Crippen LogP contribution in [0, 0.1) is 26.6 Å². The molecule has 5 aromatic carbocycles. The van der Waals surface area contributed by atoms with E-state index < -0.39 is 17.9 Å². The number of fused-ring (bicyclic) bond motifs is 3. The fourth-order valence-corrected chi connectivity index (χ4v) is 14.5. The zero-order valence-electron chi connectivity index (χ0n) is 67.5. The number of hydrogen-bond acceptors (Lipinski definition) is 23. The molecule has 0 atom stereocenters. The Morgan fingerprint density at radius 1 is 0.422 bits per heavy atom. The molecule has 3 aliphatic heterocycles. The highest BCUT2D eigenvalue weighted by molar-refractivity contribution is 7.12. The summed E-state index contributed by atoms with van der Waals surface area (Å²) in [6.45, 7) is 22.4. The number of aromatic nitrogens is 3. The van der Waals surface area contributed by atoms with E-state index in [1.165, 1.54) is 35.6 Å². The third kappa shape index (κ3) is 23.7. The van der Waals surface area contributed by atoms with Gasteiger partial charge in [-0.25, -0.2) is 33.7 Å². The summed E-state index contributed by atoms with van der Waals surface area (Å²) >= 11 is 1.46. The number of amides is 3. The number of carbonyl (C=O) groups excluding carboxylic acids is 6. The van der Waals surface area contributed by atoms with E-state index >= 15 is 0 Å². The maximum absolute atomic E-state index is 13.4. The van der Waals surface area contributed by atoms with Crippen LogP contribution in [0.5, 0.6) is 23.4 Å². The molecule has 0 unspecified atom stereocenters. The van der Waals surface area contributed by atoms with Crippen LogP contribution in [-0.4, -0.2) is 267 Å². The highest BCUT2D eigenvalue weighted by Crippen LogP contribution is 2.41. The van der Waals surface area contributed by atoms with Crippen LogP contribution in [0.3, 0.4) is 0 Å². The number of ether oxygens (including phenoxy) is 7. The maximum Gasteiger partial charge on any atom is 0.345 e. The third-order valence-corrected chi connectivity index (χ3v) is 20.3. The highest BCUT2D eigenvalue weighted by atomic mass is 32.1. The van der Waals surface area contributed by atoms with E-state index in [1.807, 2.05) is 139 Å². The summed E-state index contributed by atoms with van der Waals surface area (Å²) in [5.74, 6) is -0.310. The summed E-state index contributed by atoms with van der Waals surface area (Å²) in [6.07, 6.45) is 2.38. The predicted octanol–water partition coefficient (Wildman–Crippen LogP) is 14.2. The fourth-order valence-electron chi connectivity index (χ4n) is 13.8. The predicted molar refractivity (Wildman–Crippen MR) is 462 cm³/mol. The molecule has 9 aromatic rings. The summed E-state index contributed by atoms with van der Waals surface area (Å²) in [5.41, 5.74) is 9.75. The highest BCUT2D eigenvalue weighted by Gasteiger charge is 2.35. The van der Waals surface area contributed by atoms with Crippen LogP contribution in [0.1, 0.15) is 140 Å². The van der Waals surface area contributed by atoms with Crippen LogP contribution in [0.2, 0.25) is 0 Å². The Kier molecular flexibility index (Phi) is 35.4. The lowest BCUT2D eigenvalue weighted by molar-refractivity contribution is 0.0511. The average Bonchev–Trinajstić information content (AvgIpc) is 0.786. The Bertz CT molecular complexity index is 4740. The van der Waals surface area contributed by atoms with Gasteiger partial charge in [0.2, 0.25) is 17.6 Å². The molecule has 3 amide bonds. The van der Waals surface area contributed by atoms with Crippen molar-refractivity contribution < 1.29 is 66.3 Å². The van der Waals surface area contributed by atoms with Crippen LogP contribution in [0.4, 0.5) is 21.5 Å². The molecule has 0 N–H and O–H groups in total. The Labute approximate surface area is 688 Å². The molecule has 7 heterocycles. The zero-order valence-corrected chi connectivity index (χ0v) is 68.3. The maximum atomic E-state index is 13.4. The van der Waals surface area contributed by atoms with E-state index in [9.17, 15) is 33.2 Å². The molecule has 25 nitrogen and oxygen atoms in total. The van der Waals surface area contributed by atoms with Gasteiger partial charge in [0.25, 0.3) is 17.7 Å². The quantitative estimate of drug-likeness (QED) is 0.0252. The number of hydrogen-bond donors (Lipinski definition) is 0. The lowest BCUT2D eigenvalue weighted by Crippen LogP contribution is -2.49. The number of esters is 3. The van der Waals surface area contributed by atoms with Crippen LogP contribution < -0.4 is 33.6 Å². The number of aryl methyl sites for hydroxylation is 3. The number of benzene rings is 5. The molecule has 3 aliphatic rings. The van der Waals surface area contributed by atoms with E-state index in [0.29, 0.717) is 143 Å². The van der Waals surface area contributed by atoms with Gasteiger partial charge in [-0.15, -0.1) is 11.3 Å². The third-order valence-electron chi connectivity index (χ3n) is 19.5. The minimum Gasteiger partial charge on any atom is -0.497 e. The molecule has 3 fully saturated rings. The first-order valence-electron chi connectivity index (χ1n) is 38.7. The average molecular weight is 1620 g/mol. The zero-order chi connectivity index (χ0) is 80.8. The van der Waals surface area contributed by atoms with Crippen LogP contribution >= 0.6 is 11.3 Å². The molecule has 116 heavy (non-hydrogen) atoms. The van der Waals surface area contributed by atoms with E-state index in [1.54, 1.807) is 57.0 Å². The SMILES string of the molecule is C.C.C.CCOC(=O)c1c(OCCCN(C)C)nc2ccc(C)cc2c1N1CCN(C(=O)c2ccc(F)cc2)CC1.CCOC(=O)c1c(OCCCN(C)C)nc2ccc(C)cc2c1N1CCN(C(=O)c2ccc(OC)cc2)CC1.CCOC(=O)c1c(OCCCN(C)C)nc2ccc(C)cc2c1N1CCN(C(=O)c2cccs2)CC1. The van der Waals surface area contributed by atoms with Crippen molar-refractivity contribution in [2.75, 3.05) is 202 Å². The molecule has 626 valence electrons. The number of methoxy groups -OCH3 is 1. The van der Waals surface area contributed by atoms with E-state index in [-0.39, 0.29) is 77.4 Å². The van der Waals surface area contributed by atoms with Crippen LogP contribution in [0.25, 0.3) is 32.7 Å². The second-order valence-electron chi connectivity index (χ2n) is 28.7. The van der Waals surface area contributed by atoms with Gasteiger partial charge >= 0.3 is 17.9 Å². The Morgan fingerprint density at radius 2 is 0.733 bits per heavy atom. The number of nitrogens with zero attached hydrogens (tertiary/aromatic N) is 12. The molecule has 0 bridgehead atoms. The van der Waals surface area contributed by atoms with E-state index in [4.69, 9.17) is 48.1 Å². The molecule has 12 rings (SSSR count). The number of anilines is 3. The monoisotopic (exact) mass is 1610 g/mol. The molecule has 27 heteroatoms. The largest absolute Gasteiger partial charge is 0.497 e. The Balaban J connectivity index is 0.000000238. The van der Waals surface area contributed by atoms with Gasteiger partial charge in [-0.2, -0.15) is 0 Å². The van der Waals surface area contributed by atoms with Crippen molar-refractivity contribution in [3.05, 3.63) is 176 Å². The lowest BCUT2D eigenvalue weighted by atomic mass is 10.0. The second kappa shape index (κ2) is 44.4. The summed E-state index contributed by atoms with van der Waals surface area (Å²) in [5, 5.41) is 4.51. The number of piperazine rings is 3. The van der Waals surface area contributed by atoms with Crippen LogP contribution in [-0.2, 0) is 14.2 Å². The number of halogens is 1. The number of rotatable bonds is 28. The van der Waals surface area contributed by atoms with E-state index in [2.05, 4.69) is 35.5 Å². The first-order valence-corrected chi connectivity index (χ1v) is 39.6. The standard InChI is InChI=1S/C30H38N4O5.C29H35FN4O4.C27H34N4O4S.3CH4/c1-6-38-30(36)26-27(24-20-21(2)8-13-25(24)31-28(26)39-19-7-14-32(3)4)33-15-17-34(18-16-33)29(35)22-9-11-23(37-5)12-10-22;1-5-37-29(36)25-26(33-14-16-34(17-15-33)28(35)21-8-10-22(30)11-9-21)23-19-20(2)7-12-24(23)31-27(25)38-18-6-13-32(3)4;1-5-34-27(33)23-24(30-12-14-31(15-13-30)26(32)22-8-6-17-36-22)20-18-19(2)9-10-21(20)28-25(23)35-16-7-11-29(3)4;;;/h8-13,20H,6-7,14-19H2,1-5H3;7-12,19H,5-6,13-18H2,1-4H3;6,8-10,17-18H,5,7,11-16H2,1-4H3;3*1H4. The van der Waals surface area contributed by atoms with Gasteiger partial charge in [-0.3, -0.25) is 14.4 Å². The van der Waals surface area contributed by atoms with Crippen molar-refractivity contribution in [3.8, 4) is 23.4 Å². The molecular weight excluding hydrogens is 1500 g/mol. The molecule has 0 aliphatic carbocycles. The molecular formula is C89H119FN12O13S. The fraction of sp³-hybridized carbons (Fsp3) is 0.449. The van der Waals surface area contributed by atoms with Gasteiger partial charge < -0.3 is 77.3 Å². The van der Waals surface area contributed by atoms with Gasteiger partial charge in [0, 0.05) is 125 Å². The smallest absolute Gasteiger partial charge is 0.345 e. The molecule has 0 spiro atoms. The Morgan fingerprint density at radius 3 is 1.02 bits per heavy atom. The number of carbonyl (C=O) groups is 6. The lowest BCUT2D eigenvalue weighted by Gasteiger charge is -2.37. The number of thiophene rings is 1.